The summed E-state index contributed by atoms with van der Waals surface area (Å²) in [5.74, 6) is 0. The van der Waals surface area contributed by atoms with Crippen LogP contribution in [0.3, 0.4) is 0 Å². The van der Waals surface area contributed by atoms with Crippen molar-refractivity contribution >= 4 is 0 Å². The van der Waals surface area contributed by atoms with Gasteiger partial charge in [-0.25, -0.2) is 28.1 Å². The third-order valence-corrected chi connectivity index (χ3v) is 10.7. The zero-order valence-electron chi connectivity index (χ0n) is 35.3. The SMILES string of the molecule is Cc1ccc(C[N+](C)(C)CCCn2c(=O)n(CC[N+](C)(C)Cc3ccc(C)cc3C)c(=O)n(CC[N+](C)(C)Cc3ccc(C)cc3C)c2=O)c(C)c1.[Cl-].[Cl-].[Cl-]. The van der Waals surface area contributed by atoms with E-state index in [4.69, 9.17) is 0 Å². The fourth-order valence-corrected chi connectivity index (χ4v) is 7.34. The lowest BCUT2D eigenvalue weighted by Gasteiger charge is -2.32. The molecule has 1 aromatic heterocycles. The Bertz CT molecular complexity index is 1970. The van der Waals surface area contributed by atoms with Gasteiger partial charge in [-0.2, -0.15) is 0 Å². The Kier molecular flexibility index (Phi) is 18.4. The van der Waals surface area contributed by atoms with Crippen molar-refractivity contribution in [2.75, 3.05) is 61.9 Å². The van der Waals surface area contributed by atoms with Crippen molar-refractivity contribution in [1.82, 2.24) is 13.7 Å². The third-order valence-electron chi connectivity index (χ3n) is 10.7. The number of likely N-dealkylation sites (N-methyl/N-ethyl adjacent to an activating group) is 2. The summed E-state index contributed by atoms with van der Waals surface area (Å²) in [6, 6.07) is 19.5. The Balaban J connectivity index is 0.00000504. The molecule has 0 aliphatic rings. The highest BCUT2D eigenvalue weighted by atomic mass is 35.5. The lowest BCUT2D eigenvalue weighted by Crippen LogP contribution is -3.00. The van der Waals surface area contributed by atoms with E-state index in [2.05, 4.69) is 138 Å². The summed E-state index contributed by atoms with van der Waals surface area (Å²) in [6.07, 6.45) is 0.633. The summed E-state index contributed by atoms with van der Waals surface area (Å²) in [5, 5.41) is 0. The number of rotatable bonds is 16. The van der Waals surface area contributed by atoms with Crippen molar-refractivity contribution in [2.45, 2.75) is 87.2 Å². The van der Waals surface area contributed by atoms with Gasteiger partial charge in [-0.3, -0.25) is 0 Å². The molecule has 0 atom stereocenters. The minimum Gasteiger partial charge on any atom is -1.00 e. The molecule has 0 bridgehead atoms. The van der Waals surface area contributed by atoms with Crippen molar-refractivity contribution in [2.24, 2.45) is 0 Å². The second-order valence-electron chi connectivity index (χ2n) is 17.4. The van der Waals surface area contributed by atoms with Gasteiger partial charge in [-0.1, -0.05) is 71.3 Å². The first-order chi connectivity index (χ1) is 24.2. The average molecular weight is 820 g/mol. The predicted octanol–water partition coefficient (Wildman–Crippen LogP) is -3.75. The molecular weight excluding hydrogens is 755 g/mol. The Morgan fingerprint density at radius 2 is 0.691 bits per heavy atom. The van der Waals surface area contributed by atoms with E-state index in [1.165, 1.54) is 63.8 Å². The number of aromatic nitrogens is 3. The molecule has 0 fully saturated rings. The molecule has 1 heterocycles. The number of benzene rings is 3. The molecule has 9 nitrogen and oxygen atoms in total. The molecule has 0 saturated heterocycles. The first-order valence-electron chi connectivity index (χ1n) is 18.8. The molecule has 12 heteroatoms. The topological polar surface area (TPSA) is 66.0 Å². The molecular formula is C43H65Cl3N6O3. The summed E-state index contributed by atoms with van der Waals surface area (Å²) < 4.78 is 5.84. The van der Waals surface area contributed by atoms with Crippen molar-refractivity contribution in [3.05, 3.63) is 136 Å². The van der Waals surface area contributed by atoms with Crippen LogP contribution < -0.4 is 54.3 Å². The maximum atomic E-state index is 14.1. The van der Waals surface area contributed by atoms with E-state index in [1.54, 1.807) is 0 Å². The van der Waals surface area contributed by atoms with E-state index in [-0.39, 0.29) is 56.9 Å². The largest absolute Gasteiger partial charge is 1.00 e. The second kappa shape index (κ2) is 20.3. The van der Waals surface area contributed by atoms with Gasteiger partial charge in [-0.15, -0.1) is 0 Å². The van der Waals surface area contributed by atoms with Crippen LogP contribution >= 0.6 is 0 Å². The van der Waals surface area contributed by atoms with Gasteiger partial charge in [-0.05, 0) is 58.2 Å². The highest BCUT2D eigenvalue weighted by Crippen LogP contribution is 2.18. The van der Waals surface area contributed by atoms with Crippen molar-refractivity contribution in [1.29, 1.82) is 0 Å². The smallest absolute Gasteiger partial charge is 0.336 e. The number of halogens is 3. The molecule has 306 valence electrons. The highest BCUT2D eigenvalue weighted by Gasteiger charge is 2.25. The molecule has 0 aliphatic heterocycles. The summed E-state index contributed by atoms with van der Waals surface area (Å²) in [6.45, 7) is 17.7. The molecule has 4 rings (SSSR count). The molecule has 3 aromatic carbocycles. The maximum Gasteiger partial charge on any atom is 0.336 e. The fraction of sp³-hybridized carbons (Fsp3) is 0.512. The quantitative estimate of drug-likeness (QED) is 0.109. The zero-order chi connectivity index (χ0) is 38.6. The zero-order valence-corrected chi connectivity index (χ0v) is 37.6. The van der Waals surface area contributed by atoms with E-state index in [1.807, 2.05) is 0 Å². The van der Waals surface area contributed by atoms with Gasteiger partial charge in [0.1, 0.15) is 19.6 Å². The van der Waals surface area contributed by atoms with Crippen LogP contribution in [0, 0.1) is 41.5 Å². The van der Waals surface area contributed by atoms with Crippen molar-refractivity contribution < 1.29 is 50.7 Å². The second-order valence-corrected chi connectivity index (χ2v) is 17.4. The Morgan fingerprint density at radius 1 is 0.418 bits per heavy atom. The van der Waals surface area contributed by atoms with Crippen molar-refractivity contribution in [3.63, 3.8) is 0 Å². The van der Waals surface area contributed by atoms with E-state index in [9.17, 15) is 14.4 Å². The molecule has 0 spiro atoms. The first kappa shape index (κ1) is 49.8. The van der Waals surface area contributed by atoms with Crippen LogP contribution in [0.25, 0.3) is 0 Å². The Hall–Kier alpha value is -3.18. The molecule has 0 radical (unpaired) electrons. The molecule has 0 saturated carbocycles. The molecule has 0 unspecified atom stereocenters. The van der Waals surface area contributed by atoms with Crippen LogP contribution in [0.2, 0.25) is 0 Å². The van der Waals surface area contributed by atoms with Gasteiger partial charge in [0.25, 0.3) is 0 Å². The first-order valence-corrected chi connectivity index (χ1v) is 18.8. The normalized spacial score (nSPS) is 11.8. The monoisotopic (exact) mass is 818 g/mol. The molecule has 0 aliphatic carbocycles. The number of quaternary nitrogens is 3. The summed E-state index contributed by atoms with van der Waals surface area (Å²) in [7, 11) is 12.9. The van der Waals surface area contributed by atoms with Gasteiger partial charge in [0.05, 0.1) is 75.0 Å². The lowest BCUT2D eigenvalue weighted by atomic mass is 10.0. The van der Waals surface area contributed by atoms with Gasteiger partial charge < -0.3 is 50.7 Å². The summed E-state index contributed by atoms with van der Waals surface area (Å²) in [5.41, 5.74) is 9.69. The third kappa shape index (κ3) is 13.8. The average Bonchev–Trinajstić information content (AvgIpc) is 3.02. The minimum atomic E-state index is -0.518. The summed E-state index contributed by atoms with van der Waals surface area (Å²) in [4.78, 5) is 42.2. The summed E-state index contributed by atoms with van der Waals surface area (Å²) >= 11 is 0. The number of hydrogen-bond donors (Lipinski definition) is 0. The van der Waals surface area contributed by atoms with Gasteiger partial charge in [0.2, 0.25) is 0 Å². The Morgan fingerprint density at radius 3 is 0.982 bits per heavy atom. The highest BCUT2D eigenvalue weighted by molar-refractivity contribution is 5.31. The van der Waals surface area contributed by atoms with E-state index in [0.29, 0.717) is 28.5 Å². The van der Waals surface area contributed by atoms with Crippen LogP contribution in [0.1, 0.15) is 56.5 Å². The maximum absolute atomic E-state index is 14.1. The van der Waals surface area contributed by atoms with Crippen LogP contribution in [-0.2, 0) is 39.3 Å². The molecule has 0 N–H and O–H groups in total. The van der Waals surface area contributed by atoms with E-state index >= 15 is 0 Å². The Labute approximate surface area is 348 Å². The van der Waals surface area contributed by atoms with Gasteiger partial charge >= 0.3 is 17.1 Å². The fourth-order valence-electron chi connectivity index (χ4n) is 7.34. The number of hydrogen-bond acceptors (Lipinski definition) is 3. The van der Waals surface area contributed by atoms with Gasteiger partial charge in [0.15, 0.2) is 0 Å². The lowest BCUT2D eigenvalue weighted by molar-refractivity contribution is -0.904. The number of aryl methyl sites for hydroxylation is 6. The van der Waals surface area contributed by atoms with Crippen LogP contribution in [0.4, 0.5) is 0 Å². The van der Waals surface area contributed by atoms with Gasteiger partial charge in [0, 0.05) is 29.7 Å². The number of nitrogens with zero attached hydrogens (tertiary/aromatic N) is 6. The molecule has 55 heavy (non-hydrogen) atoms. The van der Waals surface area contributed by atoms with E-state index < -0.39 is 17.1 Å². The van der Waals surface area contributed by atoms with Crippen LogP contribution in [-0.4, -0.2) is 89.1 Å². The predicted molar refractivity (Wildman–Crippen MR) is 214 cm³/mol. The van der Waals surface area contributed by atoms with E-state index in [0.717, 1.165) is 30.7 Å². The van der Waals surface area contributed by atoms with Crippen LogP contribution in [0.5, 0.6) is 0 Å². The minimum absolute atomic E-state index is 0. The molecule has 0 amide bonds. The standard InChI is InChI=1S/C43H65N6O3.3ClH/c1-32-14-17-38(35(4)26-32)29-47(7,8)23-13-20-44-41(50)45(21-24-48(9,10)30-39-18-15-33(2)27-36(39)5)43(52)46(42(44)51)22-25-49(11,12)31-40-19-16-34(3)28-37(40)6;;;/h14-19,26-28H,13,20-25,29-31H2,1-12H3;3*1H/q+3;;;/p-3. The van der Waals surface area contributed by atoms with Crippen LogP contribution in [0.15, 0.2) is 69.0 Å². The van der Waals surface area contributed by atoms with Crippen molar-refractivity contribution in [3.8, 4) is 0 Å². The molecule has 4 aromatic rings.